The van der Waals surface area contributed by atoms with Crippen molar-refractivity contribution in [3.63, 3.8) is 0 Å². The average molecular weight is 308 g/mol. The van der Waals surface area contributed by atoms with Gasteiger partial charge in [-0.2, -0.15) is 0 Å². The first kappa shape index (κ1) is 17.6. The Morgan fingerprint density at radius 3 is 2.67 bits per heavy atom. The molecule has 0 saturated carbocycles. The van der Waals surface area contributed by atoms with Gasteiger partial charge in [0.1, 0.15) is 5.75 Å². The molecule has 0 heterocycles. The van der Waals surface area contributed by atoms with Gasteiger partial charge in [0.05, 0.1) is 11.5 Å². The minimum atomic E-state index is -3.00. The fourth-order valence-electron chi connectivity index (χ4n) is 2.06. The average Bonchev–Trinajstić information content (AvgIpc) is 2.45. The van der Waals surface area contributed by atoms with Crippen molar-refractivity contribution in [2.24, 2.45) is 0 Å². The molecule has 0 aliphatic carbocycles. The number of rotatable bonds is 8. The van der Waals surface area contributed by atoms with Gasteiger partial charge in [-0.3, -0.25) is 0 Å². The van der Waals surface area contributed by atoms with Crippen LogP contribution in [-0.4, -0.2) is 26.0 Å². The Bertz CT molecular complexity index is 584. The zero-order valence-electron chi connectivity index (χ0n) is 13.0. The van der Waals surface area contributed by atoms with Gasteiger partial charge in [-0.15, -0.1) is 6.42 Å². The maximum Gasteiger partial charge on any atom is 0.156 e. The molecule has 2 atom stereocenters. The largest absolute Gasteiger partial charge is 0.478 e. The quantitative estimate of drug-likeness (QED) is 0.691. The summed E-state index contributed by atoms with van der Waals surface area (Å²) in [5, 5.41) is 0. The molecule has 0 bridgehead atoms. The standard InChI is InChI=1S/C17H24O3S/c1-5-7-11-21(18,19)13-14(3)16-9-8-10-17(12-16)20-15(4)6-2/h2,8-10,12,14-15H,5,7,11,13H2,1,3-4H3/t14-,15-/m0/s1. The Labute approximate surface area is 128 Å². The van der Waals surface area contributed by atoms with Gasteiger partial charge in [0.15, 0.2) is 15.9 Å². The van der Waals surface area contributed by atoms with Gasteiger partial charge in [0.2, 0.25) is 0 Å². The minimum absolute atomic E-state index is 0.0588. The number of benzene rings is 1. The second-order valence-electron chi connectivity index (χ2n) is 5.37. The molecule has 0 N–H and O–H groups in total. The molecule has 0 spiro atoms. The van der Waals surface area contributed by atoms with E-state index >= 15 is 0 Å². The molecule has 0 saturated heterocycles. The van der Waals surface area contributed by atoms with Crippen molar-refractivity contribution in [3.8, 4) is 18.1 Å². The van der Waals surface area contributed by atoms with E-state index in [1.807, 2.05) is 38.1 Å². The van der Waals surface area contributed by atoms with E-state index in [2.05, 4.69) is 5.92 Å². The molecule has 0 aliphatic rings. The van der Waals surface area contributed by atoms with Crippen LogP contribution in [0.5, 0.6) is 5.75 Å². The van der Waals surface area contributed by atoms with E-state index in [0.29, 0.717) is 5.75 Å². The Morgan fingerprint density at radius 2 is 2.05 bits per heavy atom. The van der Waals surface area contributed by atoms with Crippen LogP contribution in [0.2, 0.25) is 0 Å². The first-order chi connectivity index (χ1) is 9.88. The lowest BCUT2D eigenvalue weighted by Crippen LogP contribution is -2.16. The van der Waals surface area contributed by atoms with Crippen molar-refractivity contribution in [1.82, 2.24) is 0 Å². The number of unbranched alkanes of at least 4 members (excludes halogenated alkanes) is 1. The van der Waals surface area contributed by atoms with Crippen molar-refractivity contribution in [3.05, 3.63) is 29.8 Å². The third-order valence-electron chi connectivity index (χ3n) is 3.29. The Morgan fingerprint density at radius 1 is 1.33 bits per heavy atom. The van der Waals surface area contributed by atoms with Gasteiger partial charge in [-0.1, -0.05) is 38.3 Å². The highest BCUT2D eigenvalue weighted by Gasteiger charge is 2.17. The van der Waals surface area contributed by atoms with Crippen LogP contribution in [-0.2, 0) is 9.84 Å². The van der Waals surface area contributed by atoms with Gasteiger partial charge in [0, 0.05) is 0 Å². The van der Waals surface area contributed by atoms with Crippen LogP contribution in [0.1, 0.15) is 45.1 Å². The first-order valence-electron chi connectivity index (χ1n) is 7.31. The molecule has 3 nitrogen and oxygen atoms in total. The normalized spacial score (nSPS) is 14.2. The lowest BCUT2D eigenvalue weighted by Gasteiger charge is -2.15. The number of hydrogen-bond donors (Lipinski definition) is 0. The number of ether oxygens (including phenoxy) is 1. The highest BCUT2D eigenvalue weighted by Crippen LogP contribution is 2.23. The summed E-state index contributed by atoms with van der Waals surface area (Å²) in [7, 11) is -3.00. The summed E-state index contributed by atoms with van der Waals surface area (Å²) in [5.41, 5.74) is 0.955. The first-order valence-corrected chi connectivity index (χ1v) is 9.13. The summed E-state index contributed by atoms with van der Waals surface area (Å²) in [6, 6.07) is 7.49. The van der Waals surface area contributed by atoms with Crippen molar-refractivity contribution in [1.29, 1.82) is 0 Å². The Kier molecular flexibility index (Phi) is 6.77. The topological polar surface area (TPSA) is 43.4 Å². The fraction of sp³-hybridized carbons (Fsp3) is 0.529. The third kappa shape index (κ3) is 6.22. The molecule has 1 rings (SSSR count). The summed E-state index contributed by atoms with van der Waals surface area (Å²) in [6.07, 6.45) is 6.60. The maximum atomic E-state index is 12.0. The van der Waals surface area contributed by atoms with Gasteiger partial charge >= 0.3 is 0 Å². The second kappa shape index (κ2) is 8.09. The zero-order chi connectivity index (χ0) is 15.9. The molecule has 0 radical (unpaired) electrons. The Balaban J connectivity index is 2.77. The van der Waals surface area contributed by atoms with Gasteiger partial charge in [0.25, 0.3) is 0 Å². The predicted molar refractivity (Wildman–Crippen MR) is 87.3 cm³/mol. The van der Waals surface area contributed by atoms with Gasteiger partial charge in [-0.25, -0.2) is 8.42 Å². The van der Waals surface area contributed by atoms with E-state index in [9.17, 15) is 8.42 Å². The predicted octanol–water partition coefficient (Wildman–Crippen LogP) is 3.41. The second-order valence-corrected chi connectivity index (χ2v) is 7.60. The monoisotopic (exact) mass is 308 g/mol. The molecule has 0 fully saturated rings. The van der Waals surface area contributed by atoms with Gasteiger partial charge in [-0.05, 0) is 37.0 Å². The van der Waals surface area contributed by atoms with E-state index in [-0.39, 0.29) is 23.5 Å². The number of hydrogen-bond acceptors (Lipinski definition) is 3. The molecule has 1 aromatic rings. The molecule has 1 aromatic carbocycles. The van der Waals surface area contributed by atoms with Crippen LogP contribution in [0.15, 0.2) is 24.3 Å². The highest BCUT2D eigenvalue weighted by molar-refractivity contribution is 7.91. The SMILES string of the molecule is C#C[C@H](C)Oc1cccc([C@@H](C)CS(=O)(=O)CCCC)c1. The van der Waals surface area contributed by atoms with E-state index in [1.165, 1.54) is 0 Å². The molecular weight excluding hydrogens is 284 g/mol. The van der Waals surface area contributed by atoms with Crippen molar-refractivity contribution in [2.45, 2.75) is 45.6 Å². The molecule has 4 heteroatoms. The smallest absolute Gasteiger partial charge is 0.156 e. The summed E-state index contributed by atoms with van der Waals surface area (Å²) in [6.45, 7) is 5.71. The third-order valence-corrected chi connectivity index (χ3v) is 5.21. The lowest BCUT2D eigenvalue weighted by atomic mass is 10.0. The van der Waals surface area contributed by atoms with Crippen molar-refractivity contribution >= 4 is 9.84 Å². The van der Waals surface area contributed by atoms with Crippen LogP contribution in [0.4, 0.5) is 0 Å². The molecule has 0 amide bonds. The fourth-order valence-corrected chi connectivity index (χ4v) is 3.91. The molecular formula is C17H24O3S. The van der Waals surface area contributed by atoms with E-state index < -0.39 is 9.84 Å². The number of terminal acetylenes is 1. The summed E-state index contributed by atoms with van der Waals surface area (Å²) >= 11 is 0. The minimum Gasteiger partial charge on any atom is -0.478 e. The van der Waals surface area contributed by atoms with Crippen molar-refractivity contribution < 1.29 is 13.2 Å². The van der Waals surface area contributed by atoms with Crippen LogP contribution >= 0.6 is 0 Å². The summed E-state index contributed by atoms with van der Waals surface area (Å²) < 4.78 is 29.6. The summed E-state index contributed by atoms with van der Waals surface area (Å²) in [5.74, 6) is 3.55. The molecule has 116 valence electrons. The highest BCUT2D eigenvalue weighted by atomic mass is 32.2. The van der Waals surface area contributed by atoms with Crippen LogP contribution in [0.3, 0.4) is 0 Å². The zero-order valence-corrected chi connectivity index (χ0v) is 13.8. The molecule has 0 aromatic heterocycles. The molecule has 0 unspecified atom stereocenters. The van der Waals surface area contributed by atoms with Crippen LogP contribution in [0.25, 0.3) is 0 Å². The van der Waals surface area contributed by atoms with E-state index in [4.69, 9.17) is 11.2 Å². The van der Waals surface area contributed by atoms with E-state index in [0.717, 1.165) is 18.4 Å². The molecule has 0 aliphatic heterocycles. The number of sulfone groups is 1. The van der Waals surface area contributed by atoms with Gasteiger partial charge < -0.3 is 4.74 Å². The molecule has 21 heavy (non-hydrogen) atoms. The van der Waals surface area contributed by atoms with Crippen molar-refractivity contribution in [2.75, 3.05) is 11.5 Å². The lowest BCUT2D eigenvalue weighted by molar-refractivity contribution is 0.278. The van der Waals surface area contributed by atoms with E-state index in [1.54, 1.807) is 6.92 Å². The van der Waals surface area contributed by atoms with Crippen LogP contribution < -0.4 is 4.74 Å². The summed E-state index contributed by atoms with van der Waals surface area (Å²) in [4.78, 5) is 0. The van der Waals surface area contributed by atoms with Crippen LogP contribution in [0, 0.1) is 12.3 Å². The maximum absolute atomic E-state index is 12.0. The Hall–Kier alpha value is -1.47.